The van der Waals surface area contributed by atoms with Gasteiger partial charge >= 0.3 is 0 Å². The van der Waals surface area contributed by atoms with Gasteiger partial charge < -0.3 is 29.5 Å². The lowest BCUT2D eigenvalue weighted by molar-refractivity contribution is -0.157. The van der Waals surface area contributed by atoms with Crippen LogP contribution in [0.5, 0.6) is 0 Å². The molecule has 3 N–H and O–H groups in total. The van der Waals surface area contributed by atoms with Gasteiger partial charge in [0.1, 0.15) is 35.8 Å². The van der Waals surface area contributed by atoms with Gasteiger partial charge in [0.2, 0.25) is 0 Å². The monoisotopic (exact) mass is 403 g/mol. The van der Waals surface area contributed by atoms with Crippen molar-refractivity contribution >= 4 is 28.5 Å². The first-order valence-electron chi connectivity index (χ1n) is 8.84. The van der Waals surface area contributed by atoms with E-state index in [0.29, 0.717) is 21.7 Å². The number of hydrogen-bond acceptors (Lipinski definition) is 8. The summed E-state index contributed by atoms with van der Waals surface area (Å²) in [6.07, 6.45) is 0.647. The number of halogens is 1. The zero-order valence-corrected chi connectivity index (χ0v) is 15.7. The molecule has 1 aromatic carbocycles. The average molecular weight is 404 g/mol. The number of nitrogen functional groups attached to an aromatic ring is 1. The van der Waals surface area contributed by atoms with E-state index in [2.05, 4.69) is 9.97 Å². The maximum Gasteiger partial charge on any atom is 0.194 e. The Kier molecular flexibility index (Phi) is 4.08. The van der Waals surface area contributed by atoms with Crippen molar-refractivity contribution in [1.29, 1.82) is 0 Å². The van der Waals surface area contributed by atoms with Gasteiger partial charge in [-0.15, -0.1) is 0 Å². The molecule has 146 valence electrons. The maximum atomic E-state index is 9.85. The summed E-state index contributed by atoms with van der Waals surface area (Å²) in [5, 5.41) is 10.4. The second-order valence-corrected chi connectivity index (χ2v) is 7.55. The summed E-state index contributed by atoms with van der Waals surface area (Å²) in [6.45, 7) is 1.68. The number of rotatable bonds is 3. The fourth-order valence-electron chi connectivity index (χ4n) is 4.04. The highest BCUT2D eigenvalue weighted by molar-refractivity contribution is 6.30. The van der Waals surface area contributed by atoms with Crippen LogP contribution in [0, 0.1) is 0 Å². The van der Waals surface area contributed by atoms with E-state index in [9.17, 15) is 5.11 Å². The summed E-state index contributed by atoms with van der Waals surface area (Å²) in [5.41, 5.74) is 7.40. The normalized spacial score (nSPS) is 32.1. The summed E-state index contributed by atoms with van der Waals surface area (Å²) < 4.78 is 24.1. The molecular weight excluding hydrogens is 386 g/mol. The van der Waals surface area contributed by atoms with Crippen LogP contribution < -0.4 is 5.73 Å². The number of aliphatic hydroxyl groups excluding tert-OH is 1. The molecule has 4 heterocycles. The van der Waals surface area contributed by atoms with E-state index < -0.39 is 30.2 Å². The molecule has 0 radical (unpaired) electrons. The van der Waals surface area contributed by atoms with Gasteiger partial charge in [-0.1, -0.05) is 23.7 Å². The first-order valence-corrected chi connectivity index (χ1v) is 9.21. The summed E-state index contributed by atoms with van der Waals surface area (Å²) in [5.74, 6) is 0.245. The van der Waals surface area contributed by atoms with Gasteiger partial charge in [-0.2, -0.15) is 0 Å². The number of nitrogens with zero attached hydrogens (tertiary/aromatic N) is 2. The Morgan fingerprint density at radius 1 is 1.29 bits per heavy atom. The Balaban J connectivity index is 1.56. The van der Waals surface area contributed by atoms with Crippen LogP contribution in [0.15, 0.2) is 41.3 Å². The molecule has 5 rings (SSSR count). The van der Waals surface area contributed by atoms with Crippen LogP contribution in [-0.2, 0) is 14.2 Å². The highest BCUT2D eigenvalue weighted by Gasteiger charge is 2.62. The number of furan rings is 1. The Hall–Kier alpha value is -2.23. The minimum absolute atomic E-state index is 0.213. The highest BCUT2D eigenvalue weighted by Crippen LogP contribution is 2.54. The number of fused-ring (bicyclic) bond motifs is 2. The topological polar surface area (TPSA) is 113 Å². The Labute approximate surface area is 165 Å². The molecule has 0 amide bonds. The quantitative estimate of drug-likeness (QED) is 0.686. The Morgan fingerprint density at radius 3 is 2.93 bits per heavy atom. The number of nitrogens with two attached hydrogens (primary N) is 1. The van der Waals surface area contributed by atoms with Gasteiger partial charge in [-0.25, -0.2) is 9.97 Å². The molecule has 2 aliphatic rings. The van der Waals surface area contributed by atoms with E-state index in [-0.39, 0.29) is 12.4 Å². The molecule has 2 saturated heterocycles. The molecule has 1 unspecified atom stereocenters. The number of aliphatic hydroxyl groups is 1. The lowest BCUT2D eigenvalue weighted by atomic mass is 9.89. The van der Waals surface area contributed by atoms with Crippen LogP contribution in [-0.4, -0.2) is 39.5 Å². The van der Waals surface area contributed by atoms with Crippen molar-refractivity contribution in [2.45, 2.75) is 37.1 Å². The third kappa shape index (κ3) is 2.53. The third-order valence-corrected chi connectivity index (χ3v) is 5.59. The lowest BCUT2D eigenvalue weighted by Crippen LogP contribution is -2.40. The molecule has 5 atom stereocenters. The van der Waals surface area contributed by atoms with Crippen LogP contribution in [0.25, 0.3) is 11.1 Å². The Bertz CT molecular complexity index is 1040. The fourth-order valence-corrected chi connectivity index (χ4v) is 4.24. The van der Waals surface area contributed by atoms with Crippen molar-refractivity contribution in [1.82, 2.24) is 9.97 Å². The Morgan fingerprint density at radius 2 is 2.14 bits per heavy atom. The first-order chi connectivity index (χ1) is 13.5. The van der Waals surface area contributed by atoms with Crippen LogP contribution in [0.1, 0.15) is 30.4 Å². The van der Waals surface area contributed by atoms with Gasteiger partial charge in [0, 0.05) is 16.1 Å². The summed E-state index contributed by atoms with van der Waals surface area (Å²) in [4.78, 5) is 8.24. The lowest BCUT2D eigenvalue weighted by Gasteiger charge is -2.27. The molecule has 2 aliphatic heterocycles. The molecule has 0 bridgehead atoms. The average Bonchev–Trinajstić information content (AvgIpc) is 3.32. The fraction of sp³-hybridized carbons (Fsp3) is 0.368. The van der Waals surface area contributed by atoms with Crippen LogP contribution in [0.3, 0.4) is 0 Å². The predicted octanol–water partition coefficient (Wildman–Crippen LogP) is 2.76. The number of ether oxygens (including phenoxy) is 3. The molecule has 28 heavy (non-hydrogen) atoms. The van der Waals surface area contributed by atoms with Crippen molar-refractivity contribution in [3.05, 3.63) is 53.0 Å². The third-order valence-electron chi connectivity index (χ3n) is 5.36. The minimum Gasteiger partial charge on any atom is -0.458 e. The van der Waals surface area contributed by atoms with E-state index in [1.807, 2.05) is 19.1 Å². The smallest absolute Gasteiger partial charge is 0.194 e. The molecule has 3 aromatic rings. The van der Waals surface area contributed by atoms with Crippen LogP contribution >= 0.6 is 11.6 Å². The summed E-state index contributed by atoms with van der Waals surface area (Å²) >= 11 is 6.11. The standard InChI is InChI=1S/C19H18ClN3O5/c1-19-15(11-7-25-14-13(11)22-8-23-17(14)21)26-12(6-24)16(19)27-18(28-19)9-3-2-4-10(20)5-9/h2-5,7-8,12,15-16,18,24H,6H2,1H3,(H2,21,22,23)/t12-,15+,16-,18?,19+/m1/s1. The largest absolute Gasteiger partial charge is 0.458 e. The zero-order chi connectivity index (χ0) is 19.5. The number of hydrogen-bond donors (Lipinski definition) is 2. The zero-order valence-electron chi connectivity index (χ0n) is 14.9. The molecule has 2 fully saturated rings. The molecule has 0 spiro atoms. The molecular formula is C19H18ClN3O5. The van der Waals surface area contributed by atoms with Crippen LogP contribution in [0.2, 0.25) is 5.02 Å². The predicted molar refractivity (Wildman–Crippen MR) is 99.5 cm³/mol. The van der Waals surface area contributed by atoms with Gasteiger partial charge in [-0.05, 0) is 19.1 Å². The molecule has 8 nitrogen and oxygen atoms in total. The van der Waals surface area contributed by atoms with Crippen molar-refractivity contribution in [2.75, 3.05) is 12.3 Å². The van der Waals surface area contributed by atoms with E-state index in [4.69, 9.17) is 36.0 Å². The van der Waals surface area contributed by atoms with Gasteiger partial charge in [0.05, 0.1) is 12.9 Å². The van der Waals surface area contributed by atoms with Gasteiger partial charge in [0.25, 0.3) is 0 Å². The van der Waals surface area contributed by atoms with E-state index in [0.717, 1.165) is 5.56 Å². The first kappa shape index (κ1) is 17.8. The van der Waals surface area contributed by atoms with E-state index in [1.54, 1.807) is 18.4 Å². The second-order valence-electron chi connectivity index (χ2n) is 7.11. The number of aromatic nitrogens is 2. The van der Waals surface area contributed by atoms with Gasteiger partial charge in [-0.3, -0.25) is 0 Å². The maximum absolute atomic E-state index is 9.85. The summed E-state index contributed by atoms with van der Waals surface area (Å²) in [6, 6.07) is 7.29. The highest BCUT2D eigenvalue weighted by atomic mass is 35.5. The molecule has 0 saturated carbocycles. The van der Waals surface area contributed by atoms with Gasteiger partial charge in [0.15, 0.2) is 17.7 Å². The van der Waals surface area contributed by atoms with Crippen LogP contribution in [0.4, 0.5) is 5.82 Å². The SMILES string of the molecule is C[C@@]12OC(c3cccc(Cl)c3)O[C@@H]1[C@@H](CO)O[C@H]2c1coc2c(N)ncnc12. The van der Waals surface area contributed by atoms with Crippen molar-refractivity contribution in [3.8, 4) is 0 Å². The minimum atomic E-state index is -0.878. The molecule has 2 aromatic heterocycles. The van der Waals surface area contributed by atoms with Crippen molar-refractivity contribution in [2.24, 2.45) is 0 Å². The van der Waals surface area contributed by atoms with Crippen molar-refractivity contribution < 1.29 is 23.7 Å². The molecule has 9 heteroatoms. The number of benzene rings is 1. The molecule has 0 aliphatic carbocycles. The van der Waals surface area contributed by atoms with E-state index in [1.165, 1.54) is 6.33 Å². The van der Waals surface area contributed by atoms with E-state index >= 15 is 0 Å². The summed E-state index contributed by atoms with van der Waals surface area (Å²) in [7, 11) is 0. The second kappa shape index (κ2) is 6.40. The number of anilines is 1. The van der Waals surface area contributed by atoms with Crippen molar-refractivity contribution in [3.63, 3.8) is 0 Å².